The Balaban J connectivity index is 1.37. The summed E-state index contributed by atoms with van der Waals surface area (Å²) in [6.07, 6.45) is 7.19. The molecular formula is C22H30N6O2. The number of carbonyl (C=O) groups is 1. The number of aryl methyl sites for hydroxylation is 2. The van der Waals surface area contributed by atoms with E-state index in [4.69, 9.17) is 10.1 Å². The second-order valence-corrected chi connectivity index (χ2v) is 8.94. The first-order chi connectivity index (χ1) is 14.5. The maximum absolute atomic E-state index is 12.2. The number of likely N-dealkylation sites (N-methyl/N-ethyl adjacent to an activating group) is 1. The Morgan fingerprint density at radius 3 is 2.77 bits per heavy atom. The molecule has 1 atom stereocenters. The van der Waals surface area contributed by atoms with E-state index in [1.54, 1.807) is 4.90 Å². The normalized spacial score (nSPS) is 25.9. The van der Waals surface area contributed by atoms with Crippen LogP contribution < -0.4 is 15.5 Å². The molecule has 3 heterocycles. The summed E-state index contributed by atoms with van der Waals surface area (Å²) in [4.78, 5) is 18.7. The molecule has 0 spiro atoms. The molecular weight excluding hydrogens is 380 g/mol. The number of aliphatic hydroxyl groups is 1. The Labute approximate surface area is 176 Å². The molecule has 0 saturated heterocycles. The summed E-state index contributed by atoms with van der Waals surface area (Å²) in [5.74, 6) is 1.69. The number of rotatable bonds is 4. The standard InChI is InChI=1S/C22H30N6O2/c1-13-10-17(16-12-21(30)27(2)18(16)11-13)24-22-25-20-5-3-4-19(28(20)26-22)23-14-6-8-15(29)9-7-14/h10-11,14-15,19,23,29H,3-9,12H2,1-2H3,(H,24,26)/t14-,15+,19?. The highest BCUT2D eigenvalue weighted by Gasteiger charge is 2.29. The first kappa shape index (κ1) is 19.5. The zero-order valence-corrected chi connectivity index (χ0v) is 17.7. The van der Waals surface area contributed by atoms with Gasteiger partial charge in [0.2, 0.25) is 11.9 Å². The number of carbonyl (C=O) groups excluding carboxylic acids is 1. The van der Waals surface area contributed by atoms with E-state index < -0.39 is 0 Å². The van der Waals surface area contributed by atoms with Crippen molar-refractivity contribution in [2.24, 2.45) is 0 Å². The predicted octanol–water partition coefficient (Wildman–Crippen LogP) is 2.58. The van der Waals surface area contributed by atoms with Gasteiger partial charge in [0, 0.05) is 36.4 Å². The number of aromatic nitrogens is 3. The molecule has 5 rings (SSSR count). The van der Waals surface area contributed by atoms with Gasteiger partial charge in [-0.15, -0.1) is 5.10 Å². The van der Waals surface area contributed by atoms with Gasteiger partial charge in [-0.05, 0) is 63.1 Å². The maximum Gasteiger partial charge on any atom is 0.246 e. The third-order valence-corrected chi connectivity index (χ3v) is 6.68. The van der Waals surface area contributed by atoms with Crippen molar-refractivity contribution in [3.05, 3.63) is 29.1 Å². The number of benzene rings is 1. The highest BCUT2D eigenvalue weighted by atomic mass is 16.3. The molecule has 30 heavy (non-hydrogen) atoms. The number of nitrogens with one attached hydrogen (secondary N) is 2. The van der Waals surface area contributed by atoms with Crippen molar-refractivity contribution >= 4 is 23.2 Å². The van der Waals surface area contributed by atoms with Gasteiger partial charge in [0.25, 0.3) is 0 Å². The Kier molecular flexibility index (Phi) is 4.99. The van der Waals surface area contributed by atoms with E-state index in [2.05, 4.69) is 22.8 Å². The summed E-state index contributed by atoms with van der Waals surface area (Å²) in [5.41, 5.74) is 3.99. The lowest BCUT2D eigenvalue weighted by molar-refractivity contribution is -0.117. The fourth-order valence-corrected chi connectivity index (χ4v) is 4.99. The molecule has 1 fully saturated rings. The van der Waals surface area contributed by atoms with Crippen molar-refractivity contribution < 1.29 is 9.90 Å². The van der Waals surface area contributed by atoms with Gasteiger partial charge in [-0.1, -0.05) is 0 Å². The van der Waals surface area contributed by atoms with Crippen LogP contribution in [-0.2, 0) is 17.6 Å². The Morgan fingerprint density at radius 2 is 1.97 bits per heavy atom. The largest absolute Gasteiger partial charge is 0.393 e. The lowest BCUT2D eigenvalue weighted by Crippen LogP contribution is -2.41. The van der Waals surface area contributed by atoms with Gasteiger partial charge in [0.05, 0.1) is 12.5 Å². The number of anilines is 3. The van der Waals surface area contributed by atoms with Gasteiger partial charge in [0.1, 0.15) is 12.0 Å². The highest BCUT2D eigenvalue weighted by Crippen LogP contribution is 2.36. The summed E-state index contributed by atoms with van der Waals surface area (Å²) < 4.78 is 2.03. The van der Waals surface area contributed by atoms with Crippen LogP contribution in [0, 0.1) is 6.92 Å². The van der Waals surface area contributed by atoms with Crippen LogP contribution in [0.2, 0.25) is 0 Å². The van der Waals surface area contributed by atoms with Crippen LogP contribution in [0.4, 0.5) is 17.3 Å². The molecule has 3 N–H and O–H groups in total. The van der Waals surface area contributed by atoms with E-state index in [0.29, 0.717) is 18.4 Å². The second kappa shape index (κ2) is 7.67. The molecule has 1 aromatic heterocycles. The van der Waals surface area contributed by atoms with Crippen LogP contribution in [0.3, 0.4) is 0 Å². The van der Waals surface area contributed by atoms with Crippen molar-refractivity contribution in [3.8, 4) is 0 Å². The van der Waals surface area contributed by atoms with E-state index in [1.807, 2.05) is 18.7 Å². The average molecular weight is 411 g/mol. The molecule has 1 unspecified atom stereocenters. The fourth-order valence-electron chi connectivity index (χ4n) is 4.99. The lowest BCUT2D eigenvalue weighted by Gasteiger charge is -2.32. The molecule has 2 aromatic rings. The monoisotopic (exact) mass is 410 g/mol. The summed E-state index contributed by atoms with van der Waals surface area (Å²) in [6.45, 7) is 2.04. The molecule has 3 aliphatic rings. The smallest absolute Gasteiger partial charge is 0.246 e. The molecule has 0 radical (unpaired) electrons. The first-order valence-electron chi connectivity index (χ1n) is 11.0. The third kappa shape index (κ3) is 3.58. The summed E-state index contributed by atoms with van der Waals surface area (Å²) in [7, 11) is 1.82. The van der Waals surface area contributed by atoms with E-state index in [9.17, 15) is 9.90 Å². The number of aliphatic hydroxyl groups excluding tert-OH is 1. The van der Waals surface area contributed by atoms with Gasteiger partial charge in [-0.2, -0.15) is 4.98 Å². The Hall–Kier alpha value is -2.45. The number of fused-ring (bicyclic) bond motifs is 2. The Morgan fingerprint density at radius 1 is 1.17 bits per heavy atom. The van der Waals surface area contributed by atoms with Crippen LogP contribution >= 0.6 is 0 Å². The number of amides is 1. The molecule has 8 nitrogen and oxygen atoms in total. The molecule has 160 valence electrons. The van der Waals surface area contributed by atoms with Crippen LogP contribution in [0.15, 0.2) is 12.1 Å². The fraction of sp³-hybridized carbons (Fsp3) is 0.591. The lowest BCUT2D eigenvalue weighted by atomic mass is 9.92. The van der Waals surface area contributed by atoms with Crippen molar-refractivity contribution in [3.63, 3.8) is 0 Å². The maximum atomic E-state index is 12.2. The summed E-state index contributed by atoms with van der Waals surface area (Å²) in [5, 5.41) is 21.7. The molecule has 1 aromatic carbocycles. The summed E-state index contributed by atoms with van der Waals surface area (Å²) in [6, 6.07) is 4.54. The molecule has 1 aliphatic carbocycles. The van der Waals surface area contributed by atoms with Crippen molar-refractivity contribution in [1.29, 1.82) is 0 Å². The quantitative estimate of drug-likeness (QED) is 0.717. The minimum Gasteiger partial charge on any atom is -0.393 e. The van der Waals surface area contributed by atoms with E-state index in [0.717, 1.165) is 73.3 Å². The van der Waals surface area contributed by atoms with Gasteiger partial charge in [-0.3, -0.25) is 10.1 Å². The van der Waals surface area contributed by atoms with E-state index in [-0.39, 0.29) is 18.2 Å². The minimum atomic E-state index is -0.144. The molecule has 2 aliphatic heterocycles. The first-order valence-corrected chi connectivity index (χ1v) is 11.0. The van der Waals surface area contributed by atoms with Crippen LogP contribution in [-0.4, -0.2) is 45.0 Å². The van der Waals surface area contributed by atoms with Crippen molar-refractivity contribution in [2.75, 3.05) is 17.3 Å². The van der Waals surface area contributed by atoms with Gasteiger partial charge in [-0.25, -0.2) is 4.68 Å². The van der Waals surface area contributed by atoms with E-state index in [1.165, 1.54) is 0 Å². The van der Waals surface area contributed by atoms with Gasteiger partial charge >= 0.3 is 0 Å². The van der Waals surface area contributed by atoms with Crippen molar-refractivity contribution in [2.45, 2.75) is 76.6 Å². The second-order valence-electron chi connectivity index (χ2n) is 8.94. The van der Waals surface area contributed by atoms with Crippen molar-refractivity contribution in [1.82, 2.24) is 20.1 Å². The highest BCUT2D eigenvalue weighted by molar-refractivity contribution is 6.03. The van der Waals surface area contributed by atoms with E-state index >= 15 is 0 Å². The average Bonchev–Trinajstić information content (AvgIpc) is 3.26. The van der Waals surface area contributed by atoms with Gasteiger partial charge < -0.3 is 15.3 Å². The zero-order valence-electron chi connectivity index (χ0n) is 17.7. The molecule has 8 heteroatoms. The summed E-state index contributed by atoms with van der Waals surface area (Å²) >= 11 is 0. The van der Waals surface area contributed by atoms with Crippen LogP contribution in [0.1, 0.15) is 61.6 Å². The SMILES string of the molecule is Cc1cc(Nc2nc3n(n2)C(N[C@H]2CC[C@@H](O)CC2)CCC3)c2c(c1)N(C)C(=O)C2. The van der Waals surface area contributed by atoms with Crippen LogP contribution in [0.25, 0.3) is 0 Å². The van der Waals surface area contributed by atoms with Gasteiger partial charge in [0.15, 0.2) is 0 Å². The number of nitrogens with zero attached hydrogens (tertiary/aromatic N) is 4. The molecule has 1 amide bonds. The third-order valence-electron chi connectivity index (χ3n) is 6.68. The molecule has 0 bridgehead atoms. The zero-order chi connectivity index (χ0) is 20.8. The topological polar surface area (TPSA) is 95.3 Å². The number of hydrogen-bond acceptors (Lipinski definition) is 6. The predicted molar refractivity (Wildman–Crippen MR) is 115 cm³/mol. The minimum absolute atomic E-state index is 0.109. The van der Waals surface area contributed by atoms with Crippen LogP contribution in [0.5, 0.6) is 0 Å². The molecule has 1 saturated carbocycles. The number of hydrogen-bond donors (Lipinski definition) is 3. The Bertz CT molecular complexity index is 963.